The quantitative estimate of drug-likeness (QED) is 0.335. The Morgan fingerprint density at radius 1 is 1.09 bits per heavy atom. The molecular formula is C26H25N3O3S. The lowest BCUT2D eigenvalue weighted by Gasteiger charge is -2.10. The number of oxazole rings is 1. The third-order valence-corrected chi connectivity index (χ3v) is 5.55. The summed E-state index contributed by atoms with van der Waals surface area (Å²) in [5.41, 5.74) is 4.47. The van der Waals surface area contributed by atoms with Gasteiger partial charge in [0.25, 0.3) is 5.91 Å². The molecule has 4 rings (SSSR count). The molecule has 0 spiro atoms. The van der Waals surface area contributed by atoms with Crippen molar-refractivity contribution in [3.8, 4) is 17.2 Å². The number of hydrogen-bond donors (Lipinski definition) is 2. The summed E-state index contributed by atoms with van der Waals surface area (Å²) in [7, 11) is 0. The minimum Gasteiger partial charge on any atom is -0.484 e. The zero-order chi connectivity index (χ0) is 23.2. The van der Waals surface area contributed by atoms with Crippen LogP contribution in [-0.4, -0.2) is 22.6 Å². The van der Waals surface area contributed by atoms with Gasteiger partial charge in [0, 0.05) is 11.3 Å². The van der Waals surface area contributed by atoms with Crippen LogP contribution in [0.4, 0.5) is 5.69 Å². The summed E-state index contributed by atoms with van der Waals surface area (Å²) in [5.74, 6) is 1.33. The van der Waals surface area contributed by atoms with Gasteiger partial charge in [-0.15, -0.1) is 0 Å². The number of amides is 1. The smallest absolute Gasteiger partial charge is 0.264 e. The Kier molecular flexibility index (Phi) is 7.00. The van der Waals surface area contributed by atoms with E-state index in [4.69, 9.17) is 21.4 Å². The number of ether oxygens (including phenoxy) is 1. The Balaban J connectivity index is 1.35. The second-order valence-corrected chi connectivity index (χ2v) is 8.15. The van der Waals surface area contributed by atoms with Gasteiger partial charge in [-0.3, -0.25) is 10.1 Å². The number of nitrogens with one attached hydrogen (secondary N) is 2. The molecule has 0 saturated carbocycles. The van der Waals surface area contributed by atoms with E-state index in [-0.39, 0.29) is 17.6 Å². The van der Waals surface area contributed by atoms with E-state index >= 15 is 0 Å². The first kappa shape index (κ1) is 22.5. The van der Waals surface area contributed by atoms with Crippen LogP contribution in [0, 0.1) is 0 Å². The van der Waals surface area contributed by atoms with E-state index in [2.05, 4.69) is 41.6 Å². The van der Waals surface area contributed by atoms with E-state index in [0.29, 0.717) is 17.6 Å². The maximum atomic E-state index is 12.0. The Hall–Kier alpha value is -3.71. The second kappa shape index (κ2) is 10.3. The van der Waals surface area contributed by atoms with Crippen molar-refractivity contribution < 1.29 is 13.9 Å². The van der Waals surface area contributed by atoms with E-state index in [9.17, 15) is 4.79 Å². The van der Waals surface area contributed by atoms with Crippen LogP contribution in [0.2, 0.25) is 0 Å². The molecule has 1 atom stereocenters. The van der Waals surface area contributed by atoms with Gasteiger partial charge < -0.3 is 14.5 Å². The van der Waals surface area contributed by atoms with Crippen molar-refractivity contribution in [1.29, 1.82) is 0 Å². The Bertz CT molecular complexity index is 1250. The van der Waals surface area contributed by atoms with Crippen LogP contribution in [0.15, 0.2) is 77.2 Å². The molecule has 0 saturated heterocycles. The van der Waals surface area contributed by atoms with Crippen molar-refractivity contribution in [2.45, 2.75) is 26.2 Å². The van der Waals surface area contributed by atoms with Gasteiger partial charge in [0.1, 0.15) is 11.3 Å². The fourth-order valence-electron chi connectivity index (χ4n) is 3.30. The van der Waals surface area contributed by atoms with Crippen LogP contribution >= 0.6 is 12.2 Å². The van der Waals surface area contributed by atoms with Crippen LogP contribution < -0.4 is 15.4 Å². The summed E-state index contributed by atoms with van der Waals surface area (Å²) in [6.07, 6.45) is 1.08. The van der Waals surface area contributed by atoms with E-state index < -0.39 is 0 Å². The van der Waals surface area contributed by atoms with Crippen LogP contribution in [0.5, 0.6) is 5.75 Å². The van der Waals surface area contributed by atoms with Gasteiger partial charge in [-0.2, -0.15) is 0 Å². The van der Waals surface area contributed by atoms with E-state index in [1.807, 2.05) is 48.5 Å². The molecule has 1 amide bonds. The summed E-state index contributed by atoms with van der Waals surface area (Å²) in [6.45, 7) is 4.26. The van der Waals surface area contributed by atoms with Gasteiger partial charge in [-0.25, -0.2) is 4.98 Å². The predicted octanol–water partition coefficient (Wildman–Crippen LogP) is 5.90. The van der Waals surface area contributed by atoms with Crippen LogP contribution in [-0.2, 0) is 4.79 Å². The molecule has 0 aliphatic carbocycles. The number of thiocarbonyl (C=S) groups is 1. The molecule has 4 aromatic rings. The summed E-state index contributed by atoms with van der Waals surface area (Å²) >= 11 is 5.23. The number of hydrogen-bond acceptors (Lipinski definition) is 5. The van der Waals surface area contributed by atoms with Crippen molar-refractivity contribution in [1.82, 2.24) is 10.3 Å². The van der Waals surface area contributed by atoms with Crippen molar-refractivity contribution in [3.05, 3.63) is 78.4 Å². The number of anilines is 1. The topological polar surface area (TPSA) is 76.4 Å². The molecule has 33 heavy (non-hydrogen) atoms. The van der Waals surface area contributed by atoms with Gasteiger partial charge in [0.2, 0.25) is 5.89 Å². The van der Waals surface area contributed by atoms with Gasteiger partial charge in [0.05, 0.1) is 0 Å². The number of fused-ring (bicyclic) bond motifs is 1. The maximum Gasteiger partial charge on any atom is 0.264 e. The second-order valence-electron chi connectivity index (χ2n) is 7.74. The van der Waals surface area contributed by atoms with Gasteiger partial charge in [-0.1, -0.05) is 38.1 Å². The minimum atomic E-state index is -0.337. The molecule has 7 heteroatoms. The zero-order valence-corrected chi connectivity index (χ0v) is 19.3. The predicted molar refractivity (Wildman–Crippen MR) is 134 cm³/mol. The molecule has 168 valence electrons. The normalized spacial score (nSPS) is 11.7. The summed E-state index contributed by atoms with van der Waals surface area (Å²) in [5, 5.41) is 5.80. The minimum absolute atomic E-state index is 0.124. The highest BCUT2D eigenvalue weighted by Crippen LogP contribution is 2.28. The van der Waals surface area contributed by atoms with E-state index in [1.54, 1.807) is 12.1 Å². The van der Waals surface area contributed by atoms with Crippen LogP contribution in [0.1, 0.15) is 31.7 Å². The maximum absolute atomic E-state index is 12.0. The Morgan fingerprint density at radius 2 is 1.85 bits per heavy atom. The fraction of sp³-hybridized carbons (Fsp3) is 0.192. The standard InChI is InChI=1S/C26H25N3O3S/c1-3-17(2)19-11-14-23-22(15-19)28-25(32-23)18-9-12-20(13-10-18)27-26(33)29-24(30)16-31-21-7-5-4-6-8-21/h4-15,17H,3,16H2,1-2H3,(H2,27,29,30,33)/t17-/m1/s1. The average Bonchev–Trinajstić information content (AvgIpc) is 3.26. The molecule has 6 nitrogen and oxygen atoms in total. The lowest BCUT2D eigenvalue weighted by atomic mass is 9.98. The highest BCUT2D eigenvalue weighted by molar-refractivity contribution is 7.80. The number of aromatic nitrogens is 1. The highest BCUT2D eigenvalue weighted by Gasteiger charge is 2.12. The molecule has 0 aliphatic heterocycles. The van der Waals surface area contributed by atoms with Crippen molar-refractivity contribution >= 4 is 40.0 Å². The van der Waals surface area contributed by atoms with Gasteiger partial charge >= 0.3 is 0 Å². The summed E-state index contributed by atoms with van der Waals surface area (Å²) in [6, 6.07) is 22.8. The van der Waals surface area contributed by atoms with Crippen LogP contribution in [0.3, 0.4) is 0 Å². The molecule has 0 radical (unpaired) electrons. The molecule has 0 fully saturated rings. The third-order valence-electron chi connectivity index (χ3n) is 5.35. The largest absolute Gasteiger partial charge is 0.484 e. The first-order valence-electron chi connectivity index (χ1n) is 10.8. The average molecular weight is 460 g/mol. The highest BCUT2D eigenvalue weighted by atomic mass is 32.1. The number of benzene rings is 3. The zero-order valence-electron chi connectivity index (χ0n) is 18.5. The monoisotopic (exact) mass is 459 g/mol. The molecule has 3 aromatic carbocycles. The number of carbonyl (C=O) groups excluding carboxylic acids is 1. The fourth-order valence-corrected chi connectivity index (χ4v) is 3.53. The first-order valence-corrected chi connectivity index (χ1v) is 11.2. The number of carbonyl (C=O) groups is 1. The number of para-hydroxylation sites is 1. The molecule has 1 aromatic heterocycles. The molecule has 2 N–H and O–H groups in total. The lowest BCUT2D eigenvalue weighted by Crippen LogP contribution is -2.37. The van der Waals surface area contributed by atoms with Crippen molar-refractivity contribution in [2.24, 2.45) is 0 Å². The number of rotatable bonds is 7. The SMILES string of the molecule is CC[C@@H](C)c1ccc2oc(-c3ccc(NC(=S)NC(=O)COc4ccccc4)cc3)nc2c1. The summed E-state index contributed by atoms with van der Waals surface area (Å²) < 4.78 is 11.3. The summed E-state index contributed by atoms with van der Waals surface area (Å²) in [4.78, 5) is 16.7. The third kappa shape index (κ3) is 5.75. The number of nitrogens with zero attached hydrogens (tertiary/aromatic N) is 1. The first-order chi connectivity index (χ1) is 16.0. The lowest BCUT2D eigenvalue weighted by molar-refractivity contribution is -0.121. The molecule has 0 bridgehead atoms. The molecular weight excluding hydrogens is 434 g/mol. The van der Waals surface area contributed by atoms with E-state index in [1.165, 1.54) is 5.56 Å². The van der Waals surface area contributed by atoms with E-state index in [0.717, 1.165) is 28.8 Å². The molecule has 0 aliphatic rings. The Morgan fingerprint density at radius 3 is 2.58 bits per heavy atom. The van der Waals surface area contributed by atoms with Crippen molar-refractivity contribution in [2.75, 3.05) is 11.9 Å². The van der Waals surface area contributed by atoms with Gasteiger partial charge in [-0.05, 0) is 78.7 Å². The molecule has 0 unspecified atom stereocenters. The Labute approximate surface area is 198 Å². The van der Waals surface area contributed by atoms with Gasteiger partial charge in [0.15, 0.2) is 17.3 Å². The molecule has 1 heterocycles. The van der Waals surface area contributed by atoms with Crippen LogP contribution in [0.25, 0.3) is 22.6 Å². The van der Waals surface area contributed by atoms with Crippen molar-refractivity contribution in [3.63, 3.8) is 0 Å².